The van der Waals surface area contributed by atoms with Crippen LogP contribution in [0.2, 0.25) is 36.3 Å². The molecule has 0 N–H and O–H groups in total. The minimum absolute atomic E-state index is 0.0472. The summed E-state index contributed by atoms with van der Waals surface area (Å²) in [5, 5.41) is 0.0472. The summed E-state index contributed by atoms with van der Waals surface area (Å²) in [6.07, 6.45) is 1.68. The second-order valence-corrected chi connectivity index (χ2v) is 23.2. The van der Waals surface area contributed by atoms with Crippen molar-refractivity contribution in [3.8, 4) is 0 Å². The molecule has 1 aromatic carbocycles. The third-order valence-electron chi connectivity index (χ3n) is 10.6. The molecule has 0 aliphatic heterocycles. The predicted octanol–water partition coefficient (Wildman–Crippen LogP) is 7.87. The van der Waals surface area contributed by atoms with Gasteiger partial charge in [-0.05, 0) is 55.3 Å². The van der Waals surface area contributed by atoms with Gasteiger partial charge in [0.05, 0.1) is 24.7 Å². The molecule has 6 nitrogen and oxygen atoms in total. The first kappa shape index (κ1) is 33.8. The highest BCUT2D eigenvalue weighted by Gasteiger charge is 2.60. The van der Waals surface area contributed by atoms with E-state index in [-0.39, 0.29) is 46.8 Å². The van der Waals surface area contributed by atoms with E-state index in [1.54, 1.807) is 12.1 Å². The van der Waals surface area contributed by atoms with E-state index in [1.165, 1.54) is 7.11 Å². The second-order valence-electron chi connectivity index (χ2n) is 13.7. The Morgan fingerprint density at radius 3 is 2.05 bits per heavy atom. The SMILES string of the molecule is CC[Si](CC)(CC)O[C@H]1[C@H](C)[C@H](OC(=O)c2ccccc2)[C@H]2[C@H]1C=C(C)[C@H](CO[Si](C)(C)C(C)(C)C)[C@@H]2C(=O)OC. The molecule has 3 rings (SSSR count). The lowest BCUT2D eigenvalue weighted by molar-refractivity contribution is -0.153. The highest BCUT2D eigenvalue weighted by molar-refractivity contribution is 6.74. The largest absolute Gasteiger partial charge is 0.469 e. The van der Waals surface area contributed by atoms with Crippen LogP contribution in [0.1, 0.15) is 65.7 Å². The molecule has 0 bridgehead atoms. The Hall–Kier alpha value is -1.75. The number of ether oxygens (including phenoxy) is 2. The molecule has 2 aliphatic carbocycles. The average Bonchev–Trinajstić information content (AvgIpc) is 3.18. The number of hydrogen-bond acceptors (Lipinski definition) is 6. The Morgan fingerprint density at radius 2 is 1.54 bits per heavy atom. The van der Waals surface area contributed by atoms with Crippen LogP contribution in [0, 0.1) is 29.6 Å². The van der Waals surface area contributed by atoms with Crippen molar-refractivity contribution in [1.82, 2.24) is 0 Å². The molecule has 41 heavy (non-hydrogen) atoms. The molecule has 230 valence electrons. The van der Waals surface area contributed by atoms with E-state index in [9.17, 15) is 9.59 Å². The molecule has 0 aromatic heterocycles. The summed E-state index contributed by atoms with van der Waals surface area (Å²) in [6.45, 7) is 22.5. The number of esters is 2. The van der Waals surface area contributed by atoms with Gasteiger partial charge in [0.1, 0.15) is 6.10 Å². The zero-order valence-electron chi connectivity index (χ0n) is 27.3. The quantitative estimate of drug-likeness (QED) is 0.146. The van der Waals surface area contributed by atoms with E-state index in [4.69, 9.17) is 18.3 Å². The molecule has 0 heterocycles. The van der Waals surface area contributed by atoms with Gasteiger partial charge in [-0.2, -0.15) is 0 Å². The lowest BCUT2D eigenvalue weighted by atomic mass is 9.68. The Bertz CT molecular complexity index is 1070. The number of rotatable bonds is 11. The first-order valence-corrected chi connectivity index (χ1v) is 20.9. The van der Waals surface area contributed by atoms with Crippen molar-refractivity contribution in [2.75, 3.05) is 13.7 Å². The van der Waals surface area contributed by atoms with Gasteiger partial charge in [-0.1, -0.05) is 78.3 Å². The van der Waals surface area contributed by atoms with Gasteiger partial charge in [0.15, 0.2) is 16.6 Å². The van der Waals surface area contributed by atoms with Crippen LogP contribution in [0.15, 0.2) is 42.0 Å². The number of hydrogen-bond donors (Lipinski definition) is 0. The summed E-state index contributed by atoms with van der Waals surface area (Å²) >= 11 is 0. The maximum atomic E-state index is 13.7. The van der Waals surface area contributed by atoms with Gasteiger partial charge in [-0.3, -0.25) is 4.79 Å². The molecule has 1 aromatic rings. The van der Waals surface area contributed by atoms with Gasteiger partial charge >= 0.3 is 11.9 Å². The average molecular weight is 603 g/mol. The van der Waals surface area contributed by atoms with Crippen molar-refractivity contribution in [3.05, 3.63) is 47.5 Å². The number of fused-ring (bicyclic) bond motifs is 1. The highest BCUT2D eigenvalue weighted by Crippen LogP contribution is 2.53. The fourth-order valence-electron chi connectivity index (χ4n) is 6.59. The van der Waals surface area contributed by atoms with Gasteiger partial charge in [-0.15, -0.1) is 0 Å². The third kappa shape index (κ3) is 6.92. The van der Waals surface area contributed by atoms with Crippen LogP contribution >= 0.6 is 0 Å². The van der Waals surface area contributed by atoms with Crippen molar-refractivity contribution >= 4 is 28.6 Å². The molecule has 0 unspecified atom stereocenters. The van der Waals surface area contributed by atoms with Crippen LogP contribution in [-0.4, -0.2) is 54.5 Å². The number of carbonyl (C=O) groups is 2. The van der Waals surface area contributed by atoms with E-state index in [0.717, 1.165) is 23.7 Å². The van der Waals surface area contributed by atoms with Gasteiger partial charge in [0, 0.05) is 30.3 Å². The highest BCUT2D eigenvalue weighted by atomic mass is 28.4. The summed E-state index contributed by atoms with van der Waals surface area (Å²) in [6, 6.07) is 12.2. The van der Waals surface area contributed by atoms with Crippen LogP contribution in [-0.2, 0) is 23.1 Å². The van der Waals surface area contributed by atoms with E-state index in [0.29, 0.717) is 12.2 Å². The molecular weight excluding hydrogens is 549 g/mol. The van der Waals surface area contributed by atoms with Crippen molar-refractivity contribution < 1.29 is 27.9 Å². The topological polar surface area (TPSA) is 71.1 Å². The van der Waals surface area contributed by atoms with Gasteiger partial charge in [-0.25, -0.2) is 4.79 Å². The fraction of sp³-hybridized carbons (Fsp3) is 0.697. The molecule has 0 saturated heterocycles. The summed E-state index contributed by atoms with van der Waals surface area (Å²) in [5.41, 5.74) is 1.64. The lowest BCUT2D eigenvalue weighted by Crippen LogP contribution is -2.48. The van der Waals surface area contributed by atoms with Crippen molar-refractivity contribution in [3.63, 3.8) is 0 Å². The molecule has 1 saturated carbocycles. The molecule has 2 aliphatic rings. The van der Waals surface area contributed by atoms with Gasteiger partial charge in [0.2, 0.25) is 0 Å². The standard InChI is InChI=1S/C33H54O6Si2/c1-12-41(13-2,14-3)39-29-23(5)30(38-31(34)24-18-16-15-17-19-24)27-25(29)20-22(4)26(28(27)32(35)36-9)21-37-40(10,11)33(6,7)8/h15-20,23,25-30H,12-14,21H2,1-11H3/t23-,25+,26-,27-,28-,29-,30-/m0/s1. The summed E-state index contributed by atoms with van der Waals surface area (Å²) < 4.78 is 25.7. The maximum absolute atomic E-state index is 13.7. The van der Waals surface area contributed by atoms with Crippen LogP contribution in [0.5, 0.6) is 0 Å². The monoisotopic (exact) mass is 602 g/mol. The number of methoxy groups -OCH3 is 1. The zero-order valence-corrected chi connectivity index (χ0v) is 29.3. The number of carbonyl (C=O) groups excluding carboxylic acids is 2. The summed E-state index contributed by atoms with van der Waals surface area (Å²) in [5.74, 6) is -1.68. The Morgan fingerprint density at radius 1 is 0.951 bits per heavy atom. The predicted molar refractivity (Wildman–Crippen MR) is 170 cm³/mol. The Kier molecular flexibility index (Phi) is 10.9. The molecular formula is C33H54O6Si2. The molecule has 0 radical (unpaired) electrons. The molecule has 0 spiro atoms. The van der Waals surface area contributed by atoms with E-state index in [1.807, 2.05) is 18.2 Å². The summed E-state index contributed by atoms with van der Waals surface area (Å²) in [4.78, 5) is 27.1. The summed E-state index contributed by atoms with van der Waals surface area (Å²) in [7, 11) is -2.61. The molecule has 0 amide bonds. The van der Waals surface area contributed by atoms with Gasteiger partial charge < -0.3 is 18.3 Å². The van der Waals surface area contributed by atoms with Crippen molar-refractivity contribution in [1.29, 1.82) is 0 Å². The van der Waals surface area contributed by atoms with E-state index < -0.39 is 28.7 Å². The van der Waals surface area contributed by atoms with Crippen LogP contribution in [0.25, 0.3) is 0 Å². The lowest BCUT2D eigenvalue weighted by Gasteiger charge is -2.43. The molecule has 7 atom stereocenters. The van der Waals surface area contributed by atoms with Crippen molar-refractivity contribution in [2.24, 2.45) is 29.6 Å². The van der Waals surface area contributed by atoms with Gasteiger partial charge in [0.25, 0.3) is 0 Å². The molecule has 1 fully saturated rings. The smallest absolute Gasteiger partial charge is 0.338 e. The van der Waals surface area contributed by atoms with Crippen LogP contribution in [0.3, 0.4) is 0 Å². The Balaban J connectivity index is 2.09. The Labute approximate surface area is 250 Å². The molecule has 8 heteroatoms. The minimum Gasteiger partial charge on any atom is -0.469 e. The van der Waals surface area contributed by atoms with Crippen LogP contribution in [0.4, 0.5) is 0 Å². The minimum atomic E-state index is -2.07. The second kappa shape index (κ2) is 13.3. The van der Waals surface area contributed by atoms with Crippen LogP contribution < -0.4 is 0 Å². The number of benzene rings is 1. The normalized spacial score (nSPS) is 28.6. The first-order valence-electron chi connectivity index (χ1n) is 15.5. The first-order chi connectivity index (χ1) is 19.2. The zero-order chi connectivity index (χ0) is 30.8. The van der Waals surface area contributed by atoms with E-state index >= 15 is 0 Å². The van der Waals surface area contributed by atoms with Crippen molar-refractivity contribution in [2.45, 2.75) is 104 Å². The maximum Gasteiger partial charge on any atom is 0.338 e. The fourth-order valence-corrected chi connectivity index (χ4v) is 10.6. The third-order valence-corrected chi connectivity index (χ3v) is 19.7. The van der Waals surface area contributed by atoms with E-state index in [2.05, 4.69) is 74.6 Å².